The number of carbonyl (C=O) groups is 7. The number of aliphatic hydroxyl groups is 4. The van der Waals surface area contributed by atoms with Crippen molar-refractivity contribution >= 4 is 47.4 Å². The lowest BCUT2D eigenvalue weighted by molar-refractivity contribution is -0.301. The van der Waals surface area contributed by atoms with Crippen molar-refractivity contribution in [1.29, 1.82) is 0 Å². The lowest BCUT2D eigenvalue weighted by Gasteiger charge is -2.39. The Kier molecular flexibility index (Phi) is 18.4. The molecule has 1 aliphatic heterocycles. The Morgan fingerprint density at radius 1 is 0.776 bits per heavy atom. The van der Waals surface area contributed by atoms with Gasteiger partial charge >= 0.3 is 11.9 Å². The standard InChI is InChI=1S/C25H43N9O15/c26-5-14(36)32-10(2-1-3-29-25(27)28)21(45)30-6-15(37)33-11(4-16(38)39)23(47)34-12(22(46)31-7-17(40)41)9-48-24-20(44)19(43)18(42)13(8-35)49-24/h10-13,18-20,24,35,42-44H,1-9,26H2,(H,30,45)(H,31,46)(H,32,36)(H,33,37)(H,34,47)(H,38,39)(H,40,41)(H4,27,28,29)/t10-,11-,12-,13+,18+,19-,20+,24+/m0/s1. The minimum Gasteiger partial charge on any atom is -0.481 e. The second-order valence-electron chi connectivity index (χ2n) is 10.4. The molecule has 49 heavy (non-hydrogen) atoms. The van der Waals surface area contributed by atoms with E-state index in [1.807, 2.05) is 5.32 Å². The number of rotatable bonds is 21. The van der Waals surface area contributed by atoms with Crippen LogP contribution in [0, 0.1) is 0 Å². The highest BCUT2D eigenvalue weighted by Gasteiger charge is 2.44. The Morgan fingerprint density at radius 2 is 1.39 bits per heavy atom. The van der Waals surface area contributed by atoms with E-state index in [-0.39, 0.29) is 25.3 Å². The second-order valence-corrected chi connectivity index (χ2v) is 10.4. The average Bonchev–Trinajstić information content (AvgIpc) is 3.04. The molecule has 1 fully saturated rings. The summed E-state index contributed by atoms with van der Waals surface area (Å²) in [6.45, 7) is -3.80. The van der Waals surface area contributed by atoms with Crippen molar-refractivity contribution in [2.75, 3.05) is 39.4 Å². The molecular formula is C25H43N9O15. The Balaban J connectivity index is 3.00. The Hall–Kier alpha value is -4.72. The fourth-order valence-corrected chi connectivity index (χ4v) is 4.08. The van der Waals surface area contributed by atoms with Gasteiger partial charge in [0.05, 0.1) is 32.7 Å². The van der Waals surface area contributed by atoms with Crippen LogP contribution in [0.1, 0.15) is 19.3 Å². The number of ether oxygens (including phenoxy) is 2. The van der Waals surface area contributed by atoms with Gasteiger partial charge in [-0.05, 0) is 12.8 Å². The summed E-state index contributed by atoms with van der Waals surface area (Å²) in [5.41, 5.74) is 15.8. The monoisotopic (exact) mass is 709 g/mol. The largest absolute Gasteiger partial charge is 0.481 e. The predicted octanol–water partition coefficient (Wildman–Crippen LogP) is -8.94. The van der Waals surface area contributed by atoms with Crippen molar-refractivity contribution in [2.24, 2.45) is 22.2 Å². The maximum atomic E-state index is 13.1. The molecule has 278 valence electrons. The summed E-state index contributed by atoms with van der Waals surface area (Å²) in [5.74, 6) is -8.35. The molecule has 17 N–H and O–H groups in total. The number of aliphatic imine (C=N–C) groups is 1. The third-order valence-corrected chi connectivity index (χ3v) is 6.56. The van der Waals surface area contributed by atoms with Gasteiger partial charge in [0, 0.05) is 6.54 Å². The summed E-state index contributed by atoms with van der Waals surface area (Å²) in [7, 11) is 0. The van der Waals surface area contributed by atoms with E-state index in [4.69, 9.17) is 31.8 Å². The number of carboxylic acids is 2. The Morgan fingerprint density at radius 3 is 1.96 bits per heavy atom. The summed E-state index contributed by atoms with van der Waals surface area (Å²) in [4.78, 5) is 89.0. The fourth-order valence-electron chi connectivity index (χ4n) is 4.08. The molecule has 1 saturated heterocycles. The molecule has 0 bridgehead atoms. The molecule has 1 rings (SSSR count). The van der Waals surface area contributed by atoms with Crippen molar-refractivity contribution in [3.8, 4) is 0 Å². The lowest BCUT2D eigenvalue weighted by atomic mass is 9.99. The first-order chi connectivity index (χ1) is 23.0. The van der Waals surface area contributed by atoms with Gasteiger partial charge in [-0.15, -0.1) is 0 Å². The molecule has 0 spiro atoms. The van der Waals surface area contributed by atoms with Crippen molar-refractivity contribution in [2.45, 2.75) is 68.1 Å². The molecule has 0 aromatic carbocycles. The zero-order chi connectivity index (χ0) is 37.3. The molecular weight excluding hydrogens is 666 g/mol. The quantitative estimate of drug-likeness (QED) is 0.0299. The van der Waals surface area contributed by atoms with Gasteiger partial charge in [0.25, 0.3) is 0 Å². The molecule has 24 heteroatoms. The molecule has 0 aliphatic carbocycles. The van der Waals surface area contributed by atoms with Crippen molar-refractivity contribution < 1.29 is 73.7 Å². The molecule has 0 saturated carbocycles. The number of nitrogens with zero attached hydrogens (tertiary/aromatic N) is 1. The SMILES string of the molecule is NCC(=O)N[C@@H](CCCN=C(N)N)C(=O)NCC(=O)N[C@@H](CC(=O)O)C(=O)N[C@@H](CO[C@@H]1O[C@H](CO)[C@@H](O)[C@H](O)[C@H]1O)C(=O)NCC(=O)O. The first kappa shape index (κ1) is 42.3. The van der Waals surface area contributed by atoms with E-state index in [0.29, 0.717) is 0 Å². The van der Waals surface area contributed by atoms with Crippen LogP contribution in [0.5, 0.6) is 0 Å². The van der Waals surface area contributed by atoms with Crippen LogP contribution in [0.4, 0.5) is 0 Å². The predicted molar refractivity (Wildman–Crippen MR) is 160 cm³/mol. The van der Waals surface area contributed by atoms with E-state index in [0.717, 1.165) is 0 Å². The van der Waals surface area contributed by atoms with Crippen molar-refractivity contribution in [3.63, 3.8) is 0 Å². The highest BCUT2D eigenvalue weighted by atomic mass is 16.7. The first-order valence-electron chi connectivity index (χ1n) is 14.6. The first-order valence-corrected chi connectivity index (χ1v) is 14.6. The molecule has 0 radical (unpaired) electrons. The fraction of sp³-hybridized carbons (Fsp3) is 0.680. The second kappa shape index (κ2) is 21.3. The van der Waals surface area contributed by atoms with Gasteiger partial charge in [0.2, 0.25) is 29.5 Å². The van der Waals surface area contributed by atoms with Gasteiger partial charge in [-0.1, -0.05) is 0 Å². The van der Waals surface area contributed by atoms with Gasteiger partial charge in [0.1, 0.15) is 49.1 Å². The Bertz CT molecular complexity index is 1200. The molecule has 1 aliphatic rings. The van der Waals surface area contributed by atoms with E-state index in [2.05, 4.69) is 26.3 Å². The smallest absolute Gasteiger partial charge is 0.322 e. The number of carboxylic acid groups (broad SMARTS) is 2. The number of guanidine groups is 1. The molecule has 0 aromatic rings. The van der Waals surface area contributed by atoms with Crippen LogP contribution in [0.3, 0.4) is 0 Å². The Labute approximate surface area is 277 Å². The summed E-state index contributed by atoms with van der Waals surface area (Å²) in [6.07, 6.45) is -9.47. The van der Waals surface area contributed by atoms with E-state index < -0.39 is 130 Å². The van der Waals surface area contributed by atoms with Crippen LogP contribution in [-0.4, -0.2) is 166 Å². The minimum absolute atomic E-state index is 0.0243. The number of amides is 5. The van der Waals surface area contributed by atoms with Crippen LogP contribution in [-0.2, 0) is 43.0 Å². The molecule has 8 atom stereocenters. The highest BCUT2D eigenvalue weighted by Crippen LogP contribution is 2.22. The number of nitrogens with two attached hydrogens (primary N) is 3. The van der Waals surface area contributed by atoms with Crippen molar-refractivity contribution in [1.82, 2.24) is 26.6 Å². The third-order valence-electron chi connectivity index (χ3n) is 6.56. The minimum atomic E-state index is -1.91. The average molecular weight is 710 g/mol. The highest BCUT2D eigenvalue weighted by molar-refractivity contribution is 5.96. The summed E-state index contributed by atoms with van der Waals surface area (Å²) in [5, 5.41) is 68.3. The van der Waals surface area contributed by atoms with E-state index in [1.54, 1.807) is 0 Å². The van der Waals surface area contributed by atoms with Crippen LogP contribution in [0.25, 0.3) is 0 Å². The van der Waals surface area contributed by atoms with Crippen LogP contribution < -0.4 is 43.8 Å². The number of nitrogens with one attached hydrogen (secondary N) is 5. The third kappa shape index (κ3) is 15.4. The zero-order valence-electron chi connectivity index (χ0n) is 26.0. The zero-order valence-corrected chi connectivity index (χ0v) is 26.0. The normalized spacial score (nSPS) is 21.9. The van der Waals surface area contributed by atoms with Crippen LogP contribution in [0.15, 0.2) is 4.99 Å². The van der Waals surface area contributed by atoms with Crippen LogP contribution >= 0.6 is 0 Å². The molecule has 5 amide bonds. The van der Waals surface area contributed by atoms with Gasteiger partial charge in [0.15, 0.2) is 12.2 Å². The molecule has 0 unspecified atom stereocenters. The summed E-state index contributed by atoms with van der Waals surface area (Å²) < 4.78 is 10.4. The van der Waals surface area contributed by atoms with E-state index in [9.17, 15) is 59.1 Å². The van der Waals surface area contributed by atoms with Gasteiger partial charge in [-0.2, -0.15) is 0 Å². The van der Waals surface area contributed by atoms with Crippen LogP contribution in [0.2, 0.25) is 0 Å². The number of carbonyl (C=O) groups excluding carboxylic acids is 5. The molecule has 1 heterocycles. The number of aliphatic carboxylic acids is 2. The number of hydrogen-bond acceptors (Lipinski definition) is 15. The van der Waals surface area contributed by atoms with Crippen molar-refractivity contribution in [3.05, 3.63) is 0 Å². The summed E-state index contributed by atoms with van der Waals surface area (Å²) in [6, 6.07) is -4.88. The topological polar surface area (TPSA) is 410 Å². The number of aliphatic hydroxyl groups excluding tert-OH is 4. The van der Waals surface area contributed by atoms with E-state index >= 15 is 0 Å². The molecule has 24 nitrogen and oxygen atoms in total. The van der Waals surface area contributed by atoms with Gasteiger partial charge < -0.3 is 83.9 Å². The maximum absolute atomic E-state index is 13.1. The van der Waals surface area contributed by atoms with E-state index in [1.165, 1.54) is 0 Å². The summed E-state index contributed by atoms with van der Waals surface area (Å²) >= 11 is 0. The maximum Gasteiger partial charge on any atom is 0.322 e. The lowest BCUT2D eigenvalue weighted by Crippen LogP contribution is -2.61. The van der Waals surface area contributed by atoms with Gasteiger partial charge in [-0.25, -0.2) is 0 Å². The number of hydrogen-bond donors (Lipinski definition) is 14. The molecule has 0 aromatic heterocycles. The van der Waals surface area contributed by atoms with Gasteiger partial charge in [-0.3, -0.25) is 38.6 Å².